The summed E-state index contributed by atoms with van der Waals surface area (Å²) in [4.78, 5) is 0. The maximum absolute atomic E-state index is 5.30. The Balaban J connectivity index is -0.000000180. The van der Waals surface area contributed by atoms with E-state index in [-0.39, 0.29) is 55.1 Å². The molecule has 0 aliphatic rings. The molecule has 0 fully saturated rings. The summed E-state index contributed by atoms with van der Waals surface area (Å²) in [5.74, 6) is 0. The monoisotopic (exact) mass is 365 g/mol. The fraction of sp³-hybridized carbons (Fsp3) is 1.00. The zero-order chi connectivity index (χ0) is 5.54. The van der Waals surface area contributed by atoms with E-state index in [2.05, 4.69) is 6.92 Å². The molecule has 0 aliphatic carbocycles. The molecule has 0 aromatic carbocycles. The number of nitrogens with two attached hydrogens (primary N) is 1. The molecule has 0 aromatic rings. The van der Waals surface area contributed by atoms with E-state index < -0.39 is 0 Å². The Morgan fingerprint density at radius 3 is 2.22 bits per heavy atom. The van der Waals surface area contributed by atoms with Gasteiger partial charge < -0.3 is 34.0 Å². The summed E-state index contributed by atoms with van der Waals surface area (Å²) in [5, 5.41) is 0. The van der Waals surface area contributed by atoms with Crippen LogP contribution in [0.5, 0.6) is 0 Å². The van der Waals surface area contributed by atoms with Crippen LogP contribution in [0.3, 0.4) is 0 Å². The van der Waals surface area contributed by atoms with E-state index in [1.165, 1.54) is 15.3 Å². The molecule has 2 N–H and O–H groups in total. The Bertz CT molecular complexity index is 34.1. The van der Waals surface area contributed by atoms with Crippen LogP contribution in [0.15, 0.2) is 0 Å². The quantitative estimate of drug-likeness (QED) is 0.392. The summed E-state index contributed by atoms with van der Waals surface area (Å²) in [7, 11) is 0. The second-order valence-corrected chi connectivity index (χ2v) is 6.37. The van der Waals surface area contributed by atoms with Crippen LogP contribution in [0.2, 0.25) is 8.87 Å². The molecule has 56 valence electrons. The Kier molecular flexibility index (Phi) is 30.9. The second-order valence-electron chi connectivity index (χ2n) is 1.50. The van der Waals surface area contributed by atoms with Crippen molar-refractivity contribution in [2.24, 2.45) is 5.73 Å². The summed E-state index contributed by atoms with van der Waals surface area (Å²) < 4.78 is 2.96. The number of halogens is 2. The third-order valence-corrected chi connectivity index (χ3v) is 4.25. The van der Waals surface area contributed by atoms with Crippen molar-refractivity contribution < 1.29 is 34.0 Å². The van der Waals surface area contributed by atoms with Gasteiger partial charge >= 0.3 is 55.6 Å². The smallest absolute Gasteiger partial charge is 1.00 e. The molecular weight excluding hydrogens is 353 g/mol. The predicted molar refractivity (Wildman–Crippen MR) is 34.7 cm³/mol. The molecule has 1 nitrogen and oxygen atoms in total. The molecule has 0 atom stereocenters. The minimum Gasteiger partial charge on any atom is -1.00 e. The summed E-state index contributed by atoms with van der Waals surface area (Å²) in [5.41, 5.74) is 5.30. The SMILES string of the molecule is C[CH2][Sn+2][CH2]CCN.[Br-].[Br-]. The molecule has 4 heteroatoms. The first kappa shape index (κ1) is 17.0. The normalized spacial score (nSPS) is 6.44. The minimum atomic E-state index is 0. The number of hydrogen-bond donors (Lipinski definition) is 1. The number of rotatable bonds is 4. The average molecular weight is 366 g/mol. The van der Waals surface area contributed by atoms with Crippen LogP contribution in [0, 0.1) is 0 Å². The van der Waals surface area contributed by atoms with E-state index in [1.807, 2.05) is 0 Å². The average Bonchev–Trinajstić information content (AvgIpc) is 1.69. The molecule has 0 amide bonds. The van der Waals surface area contributed by atoms with Crippen molar-refractivity contribution in [3.8, 4) is 0 Å². The topological polar surface area (TPSA) is 26.0 Å². The summed E-state index contributed by atoms with van der Waals surface area (Å²) in [6, 6.07) is 0. The van der Waals surface area contributed by atoms with Gasteiger partial charge in [0.1, 0.15) is 0 Å². The zero-order valence-electron chi connectivity index (χ0n) is 5.66. The van der Waals surface area contributed by atoms with E-state index >= 15 is 0 Å². The molecule has 9 heavy (non-hydrogen) atoms. The van der Waals surface area contributed by atoms with Crippen molar-refractivity contribution >= 4 is 21.1 Å². The largest absolute Gasteiger partial charge is 1.00 e. The zero-order valence-corrected chi connectivity index (χ0v) is 11.7. The first-order valence-corrected chi connectivity index (χ1v) is 6.86. The van der Waals surface area contributed by atoms with Gasteiger partial charge in [-0.05, 0) is 0 Å². The van der Waals surface area contributed by atoms with Gasteiger partial charge in [-0.3, -0.25) is 0 Å². The second kappa shape index (κ2) is 16.4. The van der Waals surface area contributed by atoms with Crippen LogP contribution in [0.25, 0.3) is 0 Å². The van der Waals surface area contributed by atoms with E-state index in [0.717, 1.165) is 6.54 Å². The molecule has 0 rings (SSSR count). The van der Waals surface area contributed by atoms with Gasteiger partial charge in [0.25, 0.3) is 0 Å². The van der Waals surface area contributed by atoms with E-state index in [1.54, 1.807) is 0 Å². The molecule has 0 aliphatic heterocycles. The van der Waals surface area contributed by atoms with E-state index in [4.69, 9.17) is 5.73 Å². The molecule has 0 unspecified atom stereocenters. The molecule has 0 saturated carbocycles. The van der Waals surface area contributed by atoms with Gasteiger partial charge in [0.05, 0.1) is 0 Å². The van der Waals surface area contributed by atoms with Gasteiger partial charge in [-0.25, -0.2) is 0 Å². The molecular formula is C5H13Br2NSn. The third kappa shape index (κ3) is 17.7. The Morgan fingerprint density at radius 1 is 1.33 bits per heavy atom. The first-order valence-electron chi connectivity index (χ1n) is 2.82. The molecule has 0 saturated heterocycles. The van der Waals surface area contributed by atoms with Gasteiger partial charge in [0, 0.05) is 0 Å². The molecule has 0 radical (unpaired) electrons. The first-order chi connectivity index (χ1) is 3.41. The molecule has 0 spiro atoms. The van der Waals surface area contributed by atoms with Crippen molar-refractivity contribution in [2.75, 3.05) is 6.54 Å². The Morgan fingerprint density at radius 2 is 1.89 bits per heavy atom. The fourth-order valence-corrected chi connectivity index (χ4v) is 2.71. The summed E-state index contributed by atoms with van der Waals surface area (Å²) >= 11 is 0.104. The van der Waals surface area contributed by atoms with E-state index in [0.29, 0.717) is 0 Å². The van der Waals surface area contributed by atoms with Crippen LogP contribution in [-0.2, 0) is 0 Å². The molecule has 0 aromatic heterocycles. The molecule has 0 bridgehead atoms. The van der Waals surface area contributed by atoms with Crippen molar-refractivity contribution in [3.05, 3.63) is 0 Å². The summed E-state index contributed by atoms with van der Waals surface area (Å²) in [6.07, 6.45) is 1.28. The predicted octanol–water partition coefficient (Wildman–Crippen LogP) is -5.10. The van der Waals surface area contributed by atoms with Crippen LogP contribution >= 0.6 is 0 Å². The van der Waals surface area contributed by atoms with Crippen LogP contribution < -0.4 is 39.7 Å². The fourth-order valence-electron chi connectivity index (χ4n) is 0.404. The van der Waals surface area contributed by atoms with Crippen LogP contribution in [0.1, 0.15) is 13.3 Å². The van der Waals surface area contributed by atoms with Crippen molar-refractivity contribution in [2.45, 2.75) is 22.2 Å². The standard InChI is InChI=1S/C3H8N.C2H5.2BrH.Sn/c1-2-3-4;1-2;;;/h1-4H2;1H2,2H3;2*1H;/q;;;;+2/p-2. The van der Waals surface area contributed by atoms with E-state index in [9.17, 15) is 0 Å². The van der Waals surface area contributed by atoms with Gasteiger partial charge in [-0.2, -0.15) is 0 Å². The van der Waals surface area contributed by atoms with Crippen LogP contribution in [-0.4, -0.2) is 27.7 Å². The Labute approximate surface area is 88.9 Å². The molecule has 0 heterocycles. The van der Waals surface area contributed by atoms with Gasteiger partial charge in [0.2, 0.25) is 0 Å². The minimum absolute atomic E-state index is 0. The maximum Gasteiger partial charge on any atom is -1.00 e. The number of hydrogen-bond acceptors (Lipinski definition) is 1. The van der Waals surface area contributed by atoms with Crippen molar-refractivity contribution in [1.29, 1.82) is 0 Å². The summed E-state index contributed by atoms with van der Waals surface area (Å²) in [6.45, 7) is 3.18. The van der Waals surface area contributed by atoms with Crippen molar-refractivity contribution in [1.82, 2.24) is 0 Å². The van der Waals surface area contributed by atoms with Gasteiger partial charge in [-0.15, -0.1) is 0 Å². The van der Waals surface area contributed by atoms with Gasteiger partial charge in [0.15, 0.2) is 0 Å². The van der Waals surface area contributed by atoms with Crippen molar-refractivity contribution in [3.63, 3.8) is 0 Å². The maximum atomic E-state index is 5.30. The Hall–Kier alpha value is 1.72. The third-order valence-electron chi connectivity index (χ3n) is 0.808. The van der Waals surface area contributed by atoms with Gasteiger partial charge in [-0.1, -0.05) is 0 Å². The van der Waals surface area contributed by atoms with Crippen LogP contribution in [0.4, 0.5) is 0 Å².